The lowest BCUT2D eigenvalue weighted by Gasteiger charge is -2.04. The van der Waals surface area contributed by atoms with Crippen LogP contribution >= 0.6 is 0 Å². The molecule has 0 spiro atoms. The normalized spacial score (nSPS) is 10.2. The molecule has 0 aliphatic rings. The van der Waals surface area contributed by atoms with Gasteiger partial charge < -0.3 is 9.47 Å². The van der Waals surface area contributed by atoms with Crippen molar-refractivity contribution in [3.63, 3.8) is 0 Å². The first-order valence-corrected chi connectivity index (χ1v) is 6.05. The van der Waals surface area contributed by atoms with E-state index in [0.717, 1.165) is 11.3 Å². The van der Waals surface area contributed by atoms with E-state index in [0.29, 0.717) is 18.7 Å². The molecule has 0 saturated heterocycles. The highest BCUT2D eigenvalue weighted by Gasteiger charge is 2.06. The van der Waals surface area contributed by atoms with E-state index in [1.165, 1.54) is 0 Å². The van der Waals surface area contributed by atoms with Gasteiger partial charge in [-0.15, -0.1) is 0 Å². The molecule has 0 amide bonds. The highest BCUT2D eigenvalue weighted by molar-refractivity contribution is 5.89. The Balaban J connectivity index is 2.04. The summed E-state index contributed by atoms with van der Waals surface area (Å²) in [5.74, 6) is 0.429. The summed E-state index contributed by atoms with van der Waals surface area (Å²) in [6.07, 6.45) is 3.48. The maximum Gasteiger partial charge on any atom is 0.338 e. The Labute approximate surface area is 111 Å². The third kappa shape index (κ3) is 3.34. The van der Waals surface area contributed by atoms with Crippen molar-refractivity contribution in [1.82, 2.24) is 9.78 Å². The van der Waals surface area contributed by atoms with Crippen LogP contribution in [0.2, 0.25) is 0 Å². The number of hydrogen-bond acceptors (Lipinski definition) is 4. The predicted octanol–water partition coefficient (Wildman–Crippen LogP) is 2.12. The van der Waals surface area contributed by atoms with Gasteiger partial charge in [-0.25, -0.2) is 4.79 Å². The number of benzene rings is 1. The second-order valence-electron chi connectivity index (χ2n) is 4.00. The molecule has 0 radical (unpaired) electrons. The summed E-state index contributed by atoms with van der Waals surface area (Å²) in [5.41, 5.74) is 1.61. The summed E-state index contributed by atoms with van der Waals surface area (Å²) in [6, 6.07) is 7.29. The molecule has 1 aromatic carbocycles. The Morgan fingerprint density at radius 1 is 1.32 bits per heavy atom. The van der Waals surface area contributed by atoms with Crippen molar-refractivity contribution in [2.45, 2.75) is 13.5 Å². The Morgan fingerprint density at radius 2 is 2.05 bits per heavy atom. The Bertz CT molecular complexity index is 546. The molecule has 0 unspecified atom stereocenters. The Kier molecular flexibility index (Phi) is 4.18. The van der Waals surface area contributed by atoms with E-state index >= 15 is 0 Å². The van der Waals surface area contributed by atoms with Gasteiger partial charge in [0.15, 0.2) is 5.75 Å². The first-order chi connectivity index (χ1) is 9.22. The molecule has 0 N–H and O–H groups in total. The van der Waals surface area contributed by atoms with Gasteiger partial charge in [0.05, 0.1) is 38.2 Å². The SMILES string of the molecule is CCOC(=O)c1ccc(Cn2cc(OC)cn2)cc1. The topological polar surface area (TPSA) is 53.4 Å². The largest absolute Gasteiger partial charge is 0.493 e. The number of esters is 1. The minimum atomic E-state index is -0.296. The van der Waals surface area contributed by atoms with Crippen molar-refractivity contribution in [3.05, 3.63) is 47.8 Å². The molecule has 1 heterocycles. The maximum atomic E-state index is 11.5. The van der Waals surface area contributed by atoms with Crippen molar-refractivity contribution < 1.29 is 14.3 Å². The molecule has 0 aliphatic carbocycles. The van der Waals surface area contributed by atoms with E-state index in [-0.39, 0.29) is 5.97 Å². The Hall–Kier alpha value is -2.30. The number of carbonyl (C=O) groups excluding carboxylic acids is 1. The predicted molar refractivity (Wildman–Crippen MR) is 70.3 cm³/mol. The summed E-state index contributed by atoms with van der Waals surface area (Å²) >= 11 is 0. The van der Waals surface area contributed by atoms with Crippen LogP contribution in [0.4, 0.5) is 0 Å². The van der Waals surface area contributed by atoms with Crippen molar-refractivity contribution in [3.8, 4) is 5.75 Å². The van der Waals surface area contributed by atoms with E-state index in [2.05, 4.69) is 5.10 Å². The number of ether oxygens (including phenoxy) is 2. The van der Waals surface area contributed by atoms with Gasteiger partial charge >= 0.3 is 5.97 Å². The molecule has 2 aromatic rings. The molecule has 2 rings (SSSR count). The molecule has 5 heteroatoms. The fourth-order valence-electron chi connectivity index (χ4n) is 1.68. The molecule has 1 aromatic heterocycles. The number of nitrogens with zero attached hydrogens (tertiary/aromatic N) is 2. The van der Waals surface area contributed by atoms with Gasteiger partial charge in [-0.3, -0.25) is 4.68 Å². The molecular formula is C14H16N2O3. The van der Waals surface area contributed by atoms with Crippen molar-refractivity contribution in [1.29, 1.82) is 0 Å². The molecule has 0 bridgehead atoms. The number of carbonyl (C=O) groups is 1. The van der Waals surface area contributed by atoms with Crippen molar-refractivity contribution in [2.24, 2.45) is 0 Å². The lowest BCUT2D eigenvalue weighted by molar-refractivity contribution is 0.0526. The first-order valence-electron chi connectivity index (χ1n) is 6.05. The van der Waals surface area contributed by atoms with Gasteiger partial charge in [0.25, 0.3) is 0 Å². The van der Waals surface area contributed by atoms with Gasteiger partial charge in [0, 0.05) is 0 Å². The van der Waals surface area contributed by atoms with E-state index < -0.39 is 0 Å². The average Bonchev–Trinajstić information content (AvgIpc) is 2.87. The van der Waals surface area contributed by atoms with Crippen LogP contribution in [0.3, 0.4) is 0 Å². The zero-order chi connectivity index (χ0) is 13.7. The summed E-state index contributed by atoms with van der Waals surface area (Å²) in [7, 11) is 1.61. The number of methoxy groups -OCH3 is 1. The molecule has 5 nitrogen and oxygen atoms in total. The fraction of sp³-hybridized carbons (Fsp3) is 0.286. The van der Waals surface area contributed by atoms with E-state index in [4.69, 9.17) is 9.47 Å². The number of rotatable bonds is 5. The minimum absolute atomic E-state index is 0.296. The lowest BCUT2D eigenvalue weighted by atomic mass is 10.1. The molecule has 0 atom stereocenters. The van der Waals surface area contributed by atoms with Crippen LogP contribution < -0.4 is 4.74 Å². The van der Waals surface area contributed by atoms with Crippen LogP contribution in [0.15, 0.2) is 36.7 Å². The van der Waals surface area contributed by atoms with Gasteiger partial charge in [0.1, 0.15) is 0 Å². The monoisotopic (exact) mass is 260 g/mol. The minimum Gasteiger partial charge on any atom is -0.493 e. The van der Waals surface area contributed by atoms with E-state index in [1.807, 2.05) is 18.3 Å². The summed E-state index contributed by atoms with van der Waals surface area (Å²) in [5, 5.41) is 4.17. The number of aromatic nitrogens is 2. The van der Waals surface area contributed by atoms with Crippen LogP contribution in [0.25, 0.3) is 0 Å². The average molecular weight is 260 g/mol. The zero-order valence-corrected chi connectivity index (χ0v) is 11.0. The second kappa shape index (κ2) is 6.04. The summed E-state index contributed by atoms with van der Waals surface area (Å²) in [4.78, 5) is 11.5. The third-order valence-corrected chi connectivity index (χ3v) is 2.65. The lowest BCUT2D eigenvalue weighted by Crippen LogP contribution is -2.05. The quantitative estimate of drug-likeness (QED) is 0.773. The van der Waals surface area contributed by atoms with Crippen LogP contribution in [0.1, 0.15) is 22.8 Å². The molecule has 0 saturated carbocycles. The smallest absolute Gasteiger partial charge is 0.338 e. The zero-order valence-electron chi connectivity index (χ0n) is 11.0. The standard InChI is InChI=1S/C14H16N2O3/c1-3-19-14(17)12-6-4-11(5-7-12)9-16-10-13(18-2)8-15-16/h4-8,10H,3,9H2,1-2H3. The summed E-state index contributed by atoms with van der Waals surface area (Å²) < 4.78 is 11.8. The van der Waals surface area contributed by atoms with Gasteiger partial charge in [-0.1, -0.05) is 12.1 Å². The molecule has 100 valence electrons. The highest BCUT2D eigenvalue weighted by Crippen LogP contribution is 2.11. The summed E-state index contributed by atoms with van der Waals surface area (Å²) in [6.45, 7) is 2.80. The first kappa shape index (κ1) is 13.1. The van der Waals surface area contributed by atoms with Gasteiger partial charge in [-0.05, 0) is 24.6 Å². The van der Waals surface area contributed by atoms with Crippen LogP contribution in [0, 0.1) is 0 Å². The van der Waals surface area contributed by atoms with Gasteiger partial charge in [-0.2, -0.15) is 5.10 Å². The highest BCUT2D eigenvalue weighted by atomic mass is 16.5. The van der Waals surface area contributed by atoms with E-state index in [9.17, 15) is 4.79 Å². The molecule has 0 aliphatic heterocycles. The van der Waals surface area contributed by atoms with Crippen molar-refractivity contribution in [2.75, 3.05) is 13.7 Å². The Morgan fingerprint density at radius 3 is 2.63 bits per heavy atom. The molecular weight excluding hydrogens is 244 g/mol. The van der Waals surface area contributed by atoms with Gasteiger partial charge in [0.2, 0.25) is 0 Å². The third-order valence-electron chi connectivity index (χ3n) is 2.65. The van der Waals surface area contributed by atoms with Crippen molar-refractivity contribution >= 4 is 5.97 Å². The van der Waals surface area contributed by atoms with Crippen LogP contribution in [0.5, 0.6) is 5.75 Å². The maximum absolute atomic E-state index is 11.5. The molecule has 0 fully saturated rings. The van der Waals surface area contributed by atoms with Crippen LogP contribution in [-0.2, 0) is 11.3 Å². The fourth-order valence-corrected chi connectivity index (χ4v) is 1.68. The second-order valence-corrected chi connectivity index (χ2v) is 4.00. The van der Waals surface area contributed by atoms with Crippen LogP contribution in [-0.4, -0.2) is 29.5 Å². The number of hydrogen-bond donors (Lipinski definition) is 0. The molecule has 19 heavy (non-hydrogen) atoms. The van der Waals surface area contributed by atoms with E-state index in [1.54, 1.807) is 37.0 Å².